The lowest BCUT2D eigenvalue weighted by Crippen LogP contribution is -2.29. The Morgan fingerprint density at radius 3 is 2.52 bits per heavy atom. The van der Waals surface area contributed by atoms with E-state index in [4.69, 9.17) is 4.74 Å². The second-order valence-electron chi connectivity index (χ2n) is 6.26. The van der Waals surface area contributed by atoms with Crippen molar-refractivity contribution in [3.63, 3.8) is 0 Å². The van der Waals surface area contributed by atoms with Gasteiger partial charge in [-0.25, -0.2) is 0 Å². The van der Waals surface area contributed by atoms with Crippen molar-refractivity contribution in [2.75, 3.05) is 29.2 Å². The molecule has 3 amide bonds. The predicted octanol–water partition coefficient (Wildman–Crippen LogP) is 2.71. The zero-order chi connectivity index (χ0) is 19.4. The molecule has 1 aliphatic heterocycles. The van der Waals surface area contributed by atoms with Crippen molar-refractivity contribution < 1.29 is 19.1 Å². The maximum atomic E-state index is 12.3. The van der Waals surface area contributed by atoms with E-state index >= 15 is 0 Å². The zero-order valence-corrected chi connectivity index (χ0v) is 15.2. The predicted molar refractivity (Wildman–Crippen MR) is 103 cm³/mol. The van der Waals surface area contributed by atoms with Crippen molar-refractivity contribution in [2.45, 2.75) is 19.8 Å². The van der Waals surface area contributed by atoms with Gasteiger partial charge in [0.15, 0.2) is 0 Å². The molecule has 0 spiro atoms. The quantitative estimate of drug-likeness (QED) is 0.814. The molecule has 7 heteroatoms. The van der Waals surface area contributed by atoms with E-state index in [1.54, 1.807) is 41.3 Å². The Labute approximate surface area is 157 Å². The highest BCUT2D eigenvalue weighted by atomic mass is 16.5. The molecule has 0 radical (unpaired) electrons. The molecule has 7 nitrogen and oxygen atoms in total. The molecule has 140 valence electrons. The van der Waals surface area contributed by atoms with E-state index in [1.807, 2.05) is 13.0 Å². The van der Waals surface area contributed by atoms with E-state index in [0.717, 1.165) is 17.7 Å². The fourth-order valence-corrected chi connectivity index (χ4v) is 3.00. The van der Waals surface area contributed by atoms with Crippen molar-refractivity contribution in [2.24, 2.45) is 0 Å². The van der Waals surface area contributed by atoms with Crippen LogP contribution < -0.4 is 20.3 Å². The van der Waals surface area contributed by atoms with Crippen LogP contribution in [0.25, 0.3) is 0 Å². The van der Waals surface area contributed by atoms with Crippen molar-refractivity contribution in [1.82, 2.24) is 0 Å². The lowest BCUT2D eigenvalue weighted by molar-refractivity contribution is -0.133. The minimum Gasteiger partial charge on any atom is -0.495 e. The van der Waals surface area contributed by atoms with E-state index in [-0.39, 0.29) is 5.91 Å². The van der Waals surface area contributed by atoms with Crippen molar-refractivity contribution in [3.8, 4) is 5.75 Å². The first kappa shape index (κ1) is 18.4. The highest BCUT2D eigenvalue weighted by Gasteiger charge is 2.24. The number of nitrogens with zero attached hydrogens (tertiary/aromatic N) is 1. The Kier molecular flexibility index (Phi) is 5.40. The lowest BCUT2D eigenvalue weighted by atomic mass is 10.1. The smallest absolute Gasteiger partial charge is 0.314 e. The van der Waals surface area contributed by atoms with Gasteiger partial charge in [0.05, 0.1) is 12.8 Å². The summed E-state index contributed by atoms with van der Waals surface area (Å²) in [4.78, 5) is 38.2. The number of rotatable bonds is 4. The Morgan fingerprint density at radius 1 is 1.07 bits per heavy atom. The highest BCUT2D eigenvalue weighted by molar-refractivity contribution is 6.43. The Bertz CT molecular complexity index is 895. The summed E-state index contributed by atoms with van der Waals surface area (Å²) in [5, 5.41) is 5.10. The Morgan fingerprint density at radius 2 is 1.81 bits per heavy atom. The van der Waals surface area contributed by atoms with Gasteiger partial charge in [0, 0.05) is 24.3 Å². The molecule has 27 heavy (non-hydrogen) atoms. The van der Waals surface area contributed by atoms with Gasteiger partial charge in [-0.2, -0.15) is 0 Å². The number of para-hydroxylation sites is 2. The molecule has 0 bridgehead atoms. The number of carbonyl (C=O) groups excluding carboxylic acids is 3. The minimum atomic E-state index is -0.807. The van der Waals surface area contributed by atoms with Gasteiger partial charge in [0.25, 0.3) is 0 Å². The van der Waals surface area contributed by atoms with Crippen LogP contribution in [0.15, 0.2) is 42.5 Å². The van der Waals surface area contributed by atoms with Crippen LogP contribution in [0.4, 0.5) is 17.1 Å². The van der Waals surface area contributed by atoms with Crippen LogP contribution in [-0.4, -0.2) is 31.4 Å². The maximum Gasteiger partial charge on any atom is 0.314 e. The number of hydrogen-bond donors (Lipinski definition) is 2. The Balaban J connectivity index is 1.72. The molecule has 0 saturated carbocycles. The molecular formula is C20H21N3O4. The molecule has 2 N–H and O–H groups in total. The van der Waals surface area contributed by atoms with Crippen LogP contribution >= 0.6 is 0 Å². The van der Waals surface area contributed by atoms with E-state index in [1.165, 1.54) is 7.11 Å². The van der Waals surface area contributed by atoms with Crippen LogP contribution in [0.5, 0.6) is 5.75 Å². The van der Waals surface area contributed by atoms with Crippen LogP contribution in [-0.2, 0) is 14.4 Å². The van der Waals surface area contributed by atoms with E-state index in [9.17, 15) is 14.4 Å². The minimum absolute atomic E-state index is 0.0653. The molecule has 0 aromatic heterocycles. The number of benzene rings is 2. The van der Waals surface area contributed by atoms with Gasteiger partial charge < -0.3 is 20.3 Å². The van der Waals surface area contributed by atoms with Crippen molar-refractivity contribution in [1.29, 1.82) is 0 Å². The third-order valence-electron chi connectivity index (χ3n) is 4.39. The first-order valence-electron chi connectivity index (χ1n) is 8.66. The van der Waals surface area contributed by atoms with Gasteiger partial charge in [0.1, 0.15) is 5.75 Å². The molecule has 0 unspecified atom stereocenters. The monoisotopic (exact) mass is 367 g/mol. The number of aryl methyl sites for hydroxylation is 1. The number of amides is 3. The number of anilines is 3. The number of hydrogen-bond acceptors (Lipinski definition) is 4. The largest absolute Gasteiger partial charge is 0.495 e. The standard InChI is InChI=1S/C20H21N3O4/c1-13-9-10-14(12-16(13)23-11-5-8-18(23)24)21-19(25)20(26)22-15-6-3-4-7-17(15)27-2/h3-4,6-7,9-10,12H,5,8,11H2,1-2H3,(H,21,25)(H,22,26). The number of methoxy groups -OCH3 is 1. The third-order valence-corrected chi connectivity index (χ3v) is 4.39. The SMILES string of the molecule is COc1ccccc1NC(=O)C(=O)Nc1ccc(C)c(N2CCCC2=O)c1. The fourth-order valence-electron chi connectivity index (χ4n) is 3.00. The summed E-state index contributed by atoms with van der Waals surface area (Å²) in [6.45, 7) is 2.56. The van der Waals surface area contributed by atoms with Gasteiger partial charge in [-0.05, 0) is 43.2 Å². The third kappa shape index (κ3) is 4.08. The highest BCUT2D eigenvalue weighted by Crippen LogP contribution is 2.28. The molecule has 1 heterocycles. The van der Waals surface area contributed by atoms with Crippen LogP contribution in [0.3, 0.4) is 0 Å². The van der Waals surface area contributed by atoms with Gasteiger partial charge >= 0.3 is 11.8 Å². The van der Waals surface area contributed by atoms with Gasteiger partial charge in [-0.15, -0.1) is 0 Å². The average molecular weight is 367 g/mol. The molecule has 1 aliphatic rings. The summed E-state index contributed by atoms with van der Waals surface area (Å²) in [7, 11) is 1.48. The molecule has 0 aliphatic carbocycles. The summed E-state index contributed by atoms with van der Waals surface area (Å²) in [5.41, 5.74) is 2.55. The van der Waals surface area contributed by atoms with Gasteiger partial charge in [-0.3, -0.25) is 14.4 Å². The first-order valence-corrected chi connectivity index (χ1v) is 8.66. The summed E-state index contributed by atoms with van der Waals surface area (Å²) in [6.07, 6.45) is 1.34. The molecule has 1 saturated heterocycles. The normalized spacial score (nSPS) is 13.4. The summed E-state index contributed by atoms with van der Waals surface area (Å²) in [6, 6.07) is 12.1. The molecule has 0 atom stereocenters. The lowest BCUT2D eigenvalue weighted by Gasteiger charge is -2.19. The second-order valence-corrected chi connectivity index (χ2v) is 6.26. The van der Waals surface area contributed by atoms with Crippen LogP contribution in [0.2, 0.25) is 0 Å². The fraction of sp³-hybridized carbons (Fsp3) is 0.250. The number of carbonyl (C=O) groups is 3. The molecule has 1 fully saturated rings. The van der Waals surface area contributed by atoms with E-state index < -0.39 is 11.8 Å². The first-order chi connectivity index (χ1) is 13.0. The average Bonchev–Trinajstić information content (AvgIpc) is 3.09. The maximum absolute atomic E-state index is 12.3. The molecule has 2 aromatic rings. The van der Waals surface area contributed by atoms with E-state index in [2.05, 4.69) is 10.6 Å². The molecule has 3 rings (SSSR count). The van der Waals surface area contributed by atoms with Gasteiger partial charge in [0.2, 0.25) is 5.91 Å². The summed E-state index contributed by atoms with van der Waals surface area (Å²) in [5.74, 6) is -1.08. The molecular weight excluding hydrogens is 346 g/mol. The van der Waals surface area contributed by atoms with Crippen LogP contribution in [0, 0.1) is 6.92 Å². The molecule has 2 aromatic carbocycles. The van der Waals surface area contributed by atoms with E-state index in [0.29, 0.717) is 30.1 Å². The second kappa shape index (κ2) is 7.90. The van der Waals surface area contributed by atoms with Crippen molar-refractivity contribution in [3.05, 3.63) is 48.0 Å². The number of ether oxygens (including phenoxy) is 1. The van der Waals surface area contributed by atoms with Gasteiger partial charge in [-0.1, -0.05) is 18.2 Å². The Hall–Kier alpha value is -3.35. The summed E-state index contributed by atoms with van der Waals surface area (Å²) < 4.78 is 5.16. The van der Waals surface area contributed by atoms with Crippen LogP contribution in [0.1, 0.15) is 18.4 Å². The summed E-state index contributed by atoms with van der Waals surface area (Å²) >= 11 is 0. The van der Waals surface area contributed by atoms with Crippen molar-refractivity contribution >= 4 is 34.8 Å². The topological polar surface area (TPSA) is 87.7 Å². The number of nitrogens with one attached hydrogen (secondary N) is 2. The zero-order valence-electron chi connectivity index (χ0n) is 15.2.